The maximum atomic E-state index is 12.2. The lowest BCUT2D eigenvalue weighted by Crippen LogP contribution is -2.26. The zero-order chi connectivity index (χ0) is 15.4. The van der Waals surface area contributed by atoms with E-state index in [4.69, 9.17) is 0 Å². The van der Waals surface area contributed by atoms with Crippen LogP contribution in [0.3, 0.4) is 0 Å². The monoisotopic (exact) mass is 282 g/mol. The van der Waals surface area contributed by atoms with Gasteiger partial charge in [-0.2, -0.15) is 0 Å². The highest BCUT2D eigenvalue weighted by atomic mass is 16.1. The highest BCUT2D eigenvalue weighted by molar-refractivity contribution is 5.94. The van der Waals surface area contributed by atoms with Gasteiger partial charge in [0.1, 0.15) is 0 Å². The molecule has 1 aromatic heterocycles. The van der Waals surface area contributed by atoms with E-state index < -0.39 is 0 Å². The van der Waals surface area contributed by atoms with E-state index in [2.05, 4.69) is 48.4 Å². The van der Waals surface area contributed by atoms with Gasteiger partial charge in [0.15, 0.2) is 0 Å². The Hall–Kier alpha value is -2.16. The number of amides is 1. The molecule has 1 N–H and O–H groups in total. The van der Waals surface area contributed by atoms with E-state index >= 15 is 0 Å². The summed E-state index contributed by atoms with van der Waals surface area (Å²) in [4.78, 5) is 16.3. The van der Waals surface area contributed by atoms with Gasteiger partial charge in [0, 0.05) is 11.9 Å². The molecule has 1 aromatic carbocycles. The number of carbonyl (C=O) groups excluding carboxylic acids is 1. The number of nitrogens with one attached hydrogen (secondary N) is 1. The molecule has 3 nitrogen and oxygen atoms in total. The van der Waals surface area contributed by atoms with Gasteiger partial charge in [0.05, 0.1) is 11.6 Å². The number of hydrogen-bond donors (Lipinski definition) is 1. The second-order valence-corrected chi connectivity index (χ2v) is 5.70. The molecule has 0 unspecified atom stereocenters. The quantitative estimate of drug-likeness (QED) is 0.920. The second kappa shape index (κ2) is 6.53. The van der Waals surface area contributed by atoms with Crippen LogP contribution in [0.4, 0.5) is 0 Å². The van der Waals surface area contributed by atoms with Gasteiger partial charge in [-0.1, -0.05) is 38.1 Å². The van der Waals surface area contributed by atoms with Gasteiger partial charge in [-0.15, -0.1) is 0 Å². The van der Waals surface area contributed by atoms with Crippen LogP contribution in [0, 0.1) is 6.92 Å². The topological polar surface area (TPSA) is 42.0 Å². The first kappa shape index (κ1) is 15.2. The molecule has 2 rings (SSSR count). The smallest absolute Gasteiger partial charge is 0.253 e. The van der Waals surface area contributed by atoms with Crippen LogP contribution in [0.5, 0.6) is 0 Å². The van der Waals surface area contributed by atoms with E-state index in [9.17, 15) is 4.79 Å². The molecule has 0 saturated carbocycles. The normalized spacial score (nSPS) is 12.2. The van der Waals surface area contributed by atoms with Crippen LogP contribution in [-0.4, -0.2) is 10.9 Å². The van der Waals surface area contributed by atoms with E-state index in [-0.39, 0.29) is 11.9 Å². The van der Waals surface area contributed by atoms with Gasteiger partial charge in [-0.05, 0) is 43.0 Å². The summed E-state index contributed by atoms with van der Waals surface area (Å²) in [7, 11) is 0. The number of carbonyl (C=O) groups is 1. The summed E-state index contributed by atoms with van der Waals surface area (Å²) in [6.07, 6.45) is 1.61. The molecule has 0 aliphatic heterocycles. The molecule has 2 aromatic rings. The second-order valence-electron chi connectivity index (χ2n) is 5.70. The molecular weight excluding hydrogens is 260 g/mol. The first-order valence-corrected chi connectivity index (χ1v) is 7.30. The standard InChI is InChI=1S/C18H22N2O/c1-12(2)15-7-9-16(10-8-15)14(4)20-18(21)17-6-5-13(3)19-11-17/h5-12,14H,1-4H3,(H,20,21)/t14-/m1/s1. The molecule has 0 radical (unpaired) electrons. The van der Waals surface area contributed by atoms with Gasteiger partial charge in [0.25, 0.3) is 5.91 Å². The first-order chi connectivity index (χ1) is 9.97. The van der Waals surface area contributed by atoms with Gasteiger partial charge < -0.3 is 5.32 Å². The van der Waals surface area contributed by atoms with Gasteiger partial charge in [-0.25, -0.2) is 0 Å². The summed E-state index contributed by atoms with van der Waals surface area (Å²) in [6.45, 7) is 8.24. The zero-order valence-corrected chi connectivity index (χ0v) is 13.1. The molecule has 0 saturated heterocycles. The predicted octanol–water partition coefficient (Wildman–Crippen LogP) is 4.00. The summed E-state index contributed by atoms with van der Waals surface area (Å²) in [5, 5.41) is 3.00. The van der Waals surface area contributed by atoms with Crippen molar-refractivity contribution in [3.8, 4) is 0 Å². The van der Waals surface area contributed by atoms with Crippen molar-refractivity contribution in [1.29, 1.82) is 0 Å². The molecule has 1 heterocycles. The molecule has 0 bridgehead atoms. The Morgan fingerprint density at radius 2 is 1.62 bits per heavy atom. The summed E-state index contributed by atoms with van der Waals surface area (Å²) in [5.41, 5.74) is 3.91. The van der Waals surface area contributed by atoms with Crippen molar-refractivity contribution in [2.45, 2.75) is 39.7 Å². The first-order valence-electron chi connectivity index (χ1n) is 7.30. The third-order valence-corrected chi connectivity index (χ3v) is 3.62. The van der Waals surface area contributed by atoms with Crippen LogP contribution in [-0.2, 0) is 0 Å². The molecule has 0 fully saturated rings. The van der Waals surface area contributed by atoms with Crippen molar-refractivity contribution in [2.75, 3.05) is 0 Å². The fourth-order valence-corrected chi connectivity index (χ4v) is 2.14. The van der Waals surface area contributed by atoms with E-state index in [1.54, 1.807) is 12.3 Å². The van der Waals surface area contributed by atoms with Crippen LogP contribution < -0.4 is 5.32 Å². The van der Waals surface area contributed by atoms with Crippen LogP contribution in [0.2, 0.25) is 0 Å². The number of aromatic nitrogens is 1. The molecule has 110 valence electrons. The summed E-state index contributed by atoms with van der Waals surface area (Å²) < 4.78 is 0. The highest BCUT2D eigenvalue weighted by Crippen LogP contribution is 2.18. The predicted molar refractivity (Wildman–Crippen MR) is 85.4 cm³/mol. The van der Waals surface area contributed by atoms with Crippen molar-refractivity contribution in [2.24, 2.45) is 0 Å². The number of benzene rings is 1. The molecule has 0 spiro atoms. The number of aryl methyl sites for hydroxylation is 1. The summed E-state index contributed by atoms with van der Waals surface area (Å²) in [6, 6.07) is 12.0. The fourth-order valence-electron chi connectivity index (χ4n) is 2.14. The van der Waals surface area contributed by atoms with Crippen molar-refractivity contribution in [3.05, 3.63) is 65.0 Å². The largest absolute Gasteiger partial charge is 0.345 e. The molecule has 3 heteroatoms. The minimum Gasteiger partial charge on any atom is -0.345 e. The average Bonchev–Trinajstić information content (AvgIpc) is 2.47. The van der Waals surface area contributed by atoms with Crippen LogP contribution in [0.1, 0.15) is 59.9 Å². The van der Waals surface area contributed by atoms with Crippen LogP contribution in [0.15, 0.2) is 42.6 Å². The Balaban J connectivity index is 2.05. The minimum absolute atomic E-state index is 0.0278. The van der Waals surface area contributed by atoms with Gasteiger partial charge in [0.2, 0.25) is 0 Å². The Morgan fingerprint density at radius 1 is 1.00 bits per heavy atom. The summed E-state index contributed by atoms with van der Waals surface area (Å²) in [5.74, 6) is 0.422. The Kier molecular flexibility index (Phi) is 4.73. The molecular formula is C18H22N2O. The number of nitrogens with zero attached hydrogens (tertiary/aromatic N) is 1. The van der Waals surface area contributed by atoms with E-state index in [0.29, 0.717) is 11.5 Å². The Bertz CT molecular complexity index is 600. The van der Waals surface area contributed by atoms with Crippen LogP contribution >= 0.6 is 0 Å². The maximum Gasteiger partial charge on any atom is 0.253 e. The molecule has 0 aliphatic carbocycles. The number of hydrogen-bond acceptors (Lipinski definition) is 2. The average molecular weight is 282 g/mol. The fraction of sp³-hybridized carbons (Fsp3) is 0.333. The minimum atomic E-state index is -0.0945. The van der Waals surface area contributed by atoms with Crippen molar-refractivity contribution >= 4 is 5.91 Å². The van der Waals surface area contributed by atoms with Crippen molar-refractivity contribution in [1.82, 2.24) is 10.3 Å². The van der Waals surface area contributed by atoms with Gasteiger partial charge in [-0.3, -0.25) is 9.78 Å². The highest BCUT2D eigenvalue weighted by Gasteiger charge is 2.12. The molecule has 0 aliphatic rings. The Labute approximate surface area is 126 Å². The summed E-state index contributed by atoms with van der Waals surface area (Å²) >= 11 is 0. The SMILES string of the molecule is Cc1ccc(C(=O)N[C@H](C)c2ccc(C(C)C)cc2)cn1. The van der Waals surface area contributed by atoms with Crippen molar-refractivity contribution < 1.29 is 4.79 Å². The van der Waals surface area contributed by atoms with E-state index in [1.165, 1.54) is 5.56 Å². The lowest BCUT2D eigenvalue weighted by atomic mass is 9.99. The third kappa shape index (κ3) is 3.91. The lowest BCUT2D eigenvalue weighted by molar-refractivity contribution is 0.0939. The van der Waals surface area contributed by atoms with E-state index in [1.807, 2.05) is 19.9 Å². The van der Waals surface area contributed by atoms with Crippen LogP contribution in [0.25, 0.3) is 0 Å². The molecule has 1 atom stereocenters. The Morgan fingerprint density at radius 3 is 2.14 bits per heavy atom. The third-order valence-electron chi connectivity index (χ3n) is 3.62. The van der Waals surface area contributed by atoms with Crippen molar-refractivity contribution in [3.63, 3.8) is 0 Å². The van der Waals surface area contributed by atoms with E-state index in [0.717, 1.165) is 11.3 Å². The molecule has 1 amide bonds. The van der Waals surface area contributed by atoms with Gasteiger partial charge >= 0.3 is 0 Å². The maximum absolute atomic E-state index is 12.2. The number of rotatable bonds is 4. The molecule has 21 heavy (non-hydrogen) atoms. The number of pyridine rings is 1. The zero-order valence-electron chi connectivity index (χ0n) is 13.1. The lowest BCUT2D eigenvalue weighted by Gasteiger charge is -2.15.